The fraction of sp³-hybridized carbons (Fsp3) is 0.625. The molecule has 1 aromatic rings. The Labute approximate surface area is 131 Å². The van der Waals surface area contributed by atoms with Crippen molar-refractivity contribution in [3.05, 3.63) is 28.7 Å². The van der Waals surface area contributed by atoms with Crippen molar-refractivity contribution < 1.29 is 4.74 Å². The molecule has 1 aromatic carbocycles. The fourth-order valence-corrected chi connectivity index (χ4v) is 2.67. The zero-order valence-corrected chi connectivity index (χ0v) is 14.4. The Morgan fingerprint density at radius 2 is 1.80 bits per heavy atom. The Bertz CT molecular complexity index is 352. The SMILES string of the molecule is CCC(CC)N(CCNc1ccc(Br)cc1)CCOC. The molecule has 0 fully saturated rings. The van der Waals surface area contributed by atoms with Gasteiger partial charge in [-0.25, -0.2) is 0 Å². The van der Waals surface area contributed by atoms with Gasteiger partial charge in [0.15, 0.2) is 0 Å². The molecule has 0 aliphatic carbocycles. The van der Waals surface area contributed by atoms with E-state index in [0.717, 1.165) is 30.7 Å². The lowest BCUT2D eigenvalue weighted by molar-refractivity contribution is 0.118. The molecule has 1 rings (SSSR count). The lowest BCUT2D eigenvalue weighted by atomic mass is 10.1. The van der Waals surface area contributed by atoms with Crippen LogP contribution in [0.3, 0.4) is 0 Å². The van der Waals surface area contributed by atoms with Gasteiger partial charge >= 0.3 is 0 Å². The second-order valence-electron chi connectivity index (χ2n) is 4.93. The number of anilines is 1. The van der Waals surface area contributed by atoms with Crippen LogP contribution in [0.2, 0.25) is 0 Å². The second kappa shape index (κ2) is 10.2. The van der Waals surface area contributed by atoms with E-state index in [1.807, 2.05) is 0 Å². The number of benzene rings is 1. The van der Waals surface area contributed by atoms with E-state index in [1.165, 1.54) is 18.5 Å². The molecule has 0 aromatic heterocycles. The highest BCUT2D eigenvalue weighted by Gasteiger charge is 2.14. The van der Waals surface area contributed by atoms with Crippen LogP contribution in [-0.2, 0) is 4.74 Å². The molecule has 20 heavy (non-hydrogen) atoms. The lowest BCUT2D eigenvalue weighted by Crippen LogP contribution is -2.40. The number of hydrogen-bond acceptors (Lipinski definition) is 3. The molecule has 0 unspecified atom stereocenters. The second-order valence-corrected chi connectivity index (χ2v) is 5.85. The van der Waals surface area contributed by atoms with Gasteiger partial charge in [0.2, 0.25) is 0 Å². The lowest BCUT2D eigenvalue weighted by Gasteiger charge is -2.30. The summed E-state index contributed by atoms with van der Waals surface area (Å²) in [4.78, 5) is 2.52. The summed E-state index contributed by atoms with van der Waals surface area (Å²) < 4.78 is 6.33. The minimum absolute atomic E-state index is 0.650. The van der Waals surface area contributed by atoms with Gasteiger partial charge in [-0.3, -0.25) is 4.90 Å². The van der Waals surface area contributed by atoms with Crippen LogP contribution < -0.4 is 5.32 Å². The summed E-state index contributed by atoms with van der Waals surface area (Å²) in [6.45, 7) is 8.33. The smallest absolute Gasteiger partial charge is 0.0589 e. The first-order valence-electron chi connectivity index (χ1n) is 7.43. The molecule has 3 nitrogen and oxygen atoms in total. The molecule has 0 amide bonds. The molecule has 0 saturated heterocycles. The summed E-state index contributed by atoms with van der Waals surface area (Å²) in [6, 6.07) is 8.97. The van der Waals surface area contributed by atoms with Crippen LogP contribution in [0.25, 0.3) is 0 Å². The van der Waals surface area contributed by atoms with E-state index in [0.29, 0.717) is 6.04 Å². The van der Waals surface area contributed by atoms with E-state index in [9.17, 15) is 0 Å². The number of nitrogens with zero attached hydrogens (tertiary/aromatic N) is 1. The zero-order chi connectivity index (χ0) is 14.8. The third kappa shape index (κ3) is 6.25. The zero-order valence-electron chi connectivity index (χ0n) is 12.9. The molecule has 0 saturated carbocycles. The standard InChI is InChI=1S/C16H27BrN2O/c1-4-16(5-2)19(12-13-20-3)11-10-18-15-8-6-14(17)7-9-15/h6-9,16,18H,4-5,10-13H2,1-3H3. The maximum atomic E-state index is 5.22. The van der Waals surface area contributed by atoms with Crippen LogP contribution in [0.1, 0.15) is 26.7 Å². The summed E-state index contributed by atoms with van der Waals surface area (Å²) in [6.07, 6.45) is 2.39. The van der Waals surface area contributed by atoms with Gasteiger partial charge in [-0.2, -0.15) is 0 Å². The normalized spacial score (nSPS) is 11.3. The highest BCUT2D eigenvalue weighted by molar-refractivity contribution is 9.10. The molecule has 114 valence electrons. The molecular weight excluding hydrogens is 316 g/mol. The van der Waals surface area contributed by atoms with E-state index in [1.54, 1.807) is 7.11 Å². The Hall–Kier alpha value is -0.580. The Morgan fingerprint density at radius 1 is 1.15 bits per heavy atom. The number of nitrogens with one attached hydrogen (secondary N) is 1. The molecule has 0 spiro atoms. The average Bonchev–Trinajstić information content (AvgIpc) is 2.47. The van der Waals surface area contributed by atoms with Gasteiger partial charge in [-0.1, -0.05) is 29.8 Å². The number of rotatable bonds is 10. The van der Waals surface area contributed by atoms with Gasteiger partial charge < -0.3 is 10.1 Å². The summed E-state index contributed by atoms with van der Waals surface area (Å²) in [5.41, 5.74) is 1.17. The van der Waals surface area contributed by atoms with Crippen LogP contribution >= 0.6 is 15.9 Å². The van der Waals surface area contributed by atoms with Gasteiger partial charge in [0, 0.05) is 42.9 Å². The predicted octanol–water partition coefficient (Wildman–Crippen LogP) is 4.00. The third-order valence-electron chi connectivity index (χ3n) is 3.61. The molecule has 0 aliphatic heterocycles. The van der Waals surface area contributed by atoms with Gasteiger partial charge in [0.25, 0.3) is 0 Å². The van der Waals surface area contributed by atoms with Gasteiger partial charge in [0.05, 0.1) is 6.61 Å². The molecule has 0 atom stereocenters. The molecule has 0 aliphatic rings. The van der Waals surface area contributed by atoms with Crippen LogP contribution in [0.15, 0.2) is 28.7 Å². The van der Waals surface area contributed by atoms with Gasteiger partial charge in [0.1, 0.15) is 0 Å². The first-order chi connectivity index (χ1) is 9.71. The number of halogens is 1. The minimum Gasteiger partial charge on any atom is -0.384 e. The van der Waals surface area contributed by atoms with Crippen molar-refractivity contribution in [2.45, 2.75) is 32.7 Å². The van der Waals surface area contributed by atoms with Crippen LogP contribution in [0, 0.1) is 0 Å². The van der Waals surface area contributed by atoms with Gasteiger partial charge in [-0.05, 0) is 37.1 Å². The maximum absolute atomic E-state index is 5.22. The number of ether oxygens (including phenoxy) is 1. The third-order valence-corrected chi connectivity index (χ3v) is 4.14. The Kier molecular flexibility index (Phi) is 8.90. The van der Waals surface area contributed by atoms with Crippen molar-refractivity contribution in [1.82, 2.24) is 4.90 Å². The Balaban J connectivity index is 2.42. The largest absolute Gasteiger partial charge is 0.384 e. The predicted molar refractivity (Wildman–Crippen MR) is 90.5 cm³/mol. The van der Waals surface area contributed by atoms with Gasteiger partial charge in [-0.15, -0.1) is 0 Å². The van der Waals surface area contributed by atoms with Crippen molar-refractivity contribution in [3.63, 3.8) is 0 Å². The summed E-state index contributed by atoms with van der Waals surface area (Å²) in [5.74, 6) is 0. The maximum Gasteiger partial charge on any atom is 0.0589 e. The molecule has 4 heteroatoms. The van der Waals surface area contributed by atoms with Crippen molar-refractivity contribution >= 4 is 21.6 Å². The Morgan fingerprint density at radius 3 is 2.35 bits per heavy atom. The van der Waals surface area contributed by atoms with E-state index < -0.39 is 0 Å². The van der Waals surface area contributed by atoms with Crippen LogP contribution in [0.5, 0.6) is 0 Å². The van der Waals surface area contributed by atoms with Crippen molar-refractivity contribution in [3.8, 4) is 0 Å². The summed E-state index contributed by atoms with van der Waals surface area (Å²) in [7, 11) is 1.77. The first kappa shape index (κ1) is 17.5. The van der Waals surface area contributed by atoms with Crippen molar-refractivity contribution in [1.29, 1.82) is 0 Å². The topological polar surface area (TPSA) is 24.5 Å². The summed E-state index contributed by atoms with van der Waals surface area (Å²) in [5, 5.41) is 3.48. The molecule has 0 radical (unpaired) electrons. The number of methoxy groups -OCH3 is 1. The van der Waals surface area contributed by atoms with E-state index in [4.69, 9.17) is 4.74 Å². The van der Waals surface area contributed by atoms with Crippen LogP contribution in [-0.4, -0.2) is 44.3 Å². The van der Waals surface area contributed by atoms with Crippen LogP contribution in [0.4, 0.5) is 5.69 Å². The van der Waals surface area contributed by atoms with Crippen molar-refractivity contribution in [2.24, 2.45) is 0 Å². The highest BCUT2D eigenvalue weighted by atomic mass is 79.9. The van der Waals surface area contributed by atoms with E-state index in [2.05, 4.69) is 64.3 Å². The minimum atomic E-state index is 0.650. The summed E-state index contributed by atoms with van der Waals surface area (Å²) >= 11 is 3.45. The van der Waals surface area contributed by atoms with E-state index in [-0.39, 0.29) is 0 Å². The van der Waals surface area contributed by atoms with E-state index >= 15 is 0 Å². The molecule has 1 N–H and O–H groups in total. The molecular formula is C16H27BrN2O. The van der Waals surface area contributed by atoms with Crippen molar-refractivity contribution in [2.75, 3.05) is 38.7 Å². The first-order valence-corrected chi connectivity index (χ1v) is 8.23. The monoisotopic (exact) mass is 342 g/mol. The highest BCUT2D eigenvalue weighted by Crippen LogP contribution is 2.14. The fourth-order valence-electron chi connectivity index (χ4n) is 2.40. The number of hydrogen-bond donors (Lipinski definition) is 1. The molecule has 0 heterocycles. The quantitative estimate of drug-likeness (QED) is 0.695. The molecule has 0 bridgehead atoms. The average molecular weight is 343 g/mol.